The van der Waals surface area contributed by atoms with Crippen LogP contribution in [0.5, 0.6) is 5.88 Å². The Balaban J connectivity index is 2.01. The second kappa shape index (κ2) is 5.76. The number of thiazole rings is 2. The lowest BCUT2D eigenvalue weighted by atomic mass is 10.1. The first kappa shape index (κ1) is 15.4. The largest absolute Gasteiger partial charge is 0.493 e. The molecule has 24 heavy (non-hydrogen) atoms. The van der Waals surface area contributed by atoms with Gasteiger partial charge in [-0.3, -0.25) is 9.36 Å². The molecule has 0 saturated heterocycles. The van der Waals surface area contributed by atoms with Crippen LogP contribution in [0.25, 0.3) is 5.57 Å². The van der Waals surface area contributed by atoms with Gasteiger partial charge >= 0.3 is 0 Å². The number of halogens is 1. The van der Waals surface area contributed by atoms with Crippen molar-refractivity contribution >= 4 is 55.2 Å². The topological polar surface area (TPSA) is 79.8 Å². The second-order valence-electron chi connectivity index (χ2n) is 4.98. The van der Waals surface area contributed by atoms with Crippen molar-refractivity contribution in [2.75, 3.05) is 0 Å². The van der Waals surface area contributed by atoms with Crippen LogP contribution in [0.1, 0.15) is 4.88 Å². The van der Waals surface area contributed by atoms with Crippen LogP contribution in [-0.2, 0) is 11.8 Å². The van der Waals surface area contributed by atoms with Gasteiger partial charge in [-0.05, 0) is 18.2 Å². The first-order valence-electron chi connectivity index (χ1n) is 6.81. The maximum atomic E-state index is 12.4. The van der Waals surface area contributed by atoms with Gasteiger partial charge in [-0.25, -0.2) is 9.98 Å². The molecule has 120 valence electrons. The number of fused-ring (bicyclic) bond motifs is 1. The average molecular weight is 421 g/mol. The highest BCUT2D eigenvalue weighted by Gasteiger charge is 2.24. The number of aromatic nitrogens is 2. The van der Waals surface area contributed by atoms with Crippen LogP contribution >= 0.6 is 38.6 Å². The van der Waals surface area contributed by atoms with Crippen LogP contribution < -0.4 is 15.4 Å². The summed E-state index contributed by atoms with van der Waals surface area (Å²) in [6.07, 6.45) is 1.67. The Morgan fingerprint density at radius 3 is 2.96 bits per heavy atom. The molecule has 2 aromatic heterocycles. The van der Waals surface area contributed by atoms with Gasteiger partial charge in [0.25, 0.3) is 5.91 Å². The molecular formula is C15H9BrN4O2S2. The van der Waals surface area contributed by atoms with Crippen LogP contribution in [-0.4, -0.2) is 20.6 Å². The molecule has 1 aromatic carbocycles. The molecule has 0 saturated carbocycles. The molecule has 4 rings (SSSR count). The fourth-order valence-corrected chi connectivity index (χ4v) is 4.36. The van der Waals surface area contributed by atoms with Crippen molar-refractivity contribution in [3.05, 3.63) is 54.5 Å². The Morgan fingerprint density at radius 1 is 1.38 bits per heavy atom. The first-order chi connectivity index (χ1) is 11.5. The molecule has 1 amide bonds. The Hall–Kier alpha value is -2.10. The van der Waals surface area contributed by atoms with Crippen LogP contribution in [0.4, 0.5) is 5.13 Å². The summed E-state index contributed by atoms with van der Waals surface area (Å²) in [6, 6.07) is 5.43. The van der Waals surface area contributed by atoms with E-state index in [-0.39, 0.29) is 11.8 Å². The standard InChI is InChI=1S/C15H9BrN4O2S2/c1-20-13(22)11(24-15(20)19-14-17-4-5-23-14)10-8-6-7(16)2-3-9(8)18-12(10)21/h2-6,22H,1H3/b19-15+. The van der Waals surface area contributed by atoms with E-state index in [9.17, 15) is 9.90 Å². The Labute approximate surface area is 151 Å². The van der Waals surface area contributed by atoms with Gasteiger partial charge in [-0.2, -0.15) is 4.99 Å². The summed E-state index contributed by atoms with van der Waals surface area (Å²) in [5.41, 5.74) is 0.394. The number of benzene rings is 1. The van der Waals surface area contributed by atoms with E-state index in [0.717, 1.165) is 4.47 Å². The van der Waals surface area contributed by atoms with Crippen molar-refractivity contribution in [2.45, 2.75) is 0 Å². The molecule has 0 bridgehead atoms. The zero-order valence-corrected chi connectivity index (χ0v) is 15.4. The highest BCUT2D eigenvalue weighted by atomic mass is 79.9. The van der Waals surface area contributed by atoms with Gasteiger partial charge in [-0.1, -0.05) is 27.3 Å². The fourth-order valence-electron chi connectivity index (χ4n) is 2.37. The molecule has 0 radical (unpaired) electrons. The summed E-state index contributed by atoms with van der Waals surface area (Å²) in [6.45, 7) is 0. The number of rotatable bonds is 2. The van der Waals surface area contributed by atoms with E-state index in [0.29, 0.717) is 31.0 Å². The maximum absolute atomic E-state index is 12.4. The van der Waals surface area contributed by atoms with Gasteiger partial charge in [0, 0.05) is 28.3 Å². The van der Waals surface area contributed by atoms with Crippen molar-refractivity contribution in [3.8, 4) is 5.88 Å². The quantitative estimate of drug-likeness (QED) is 0.683. The zero-order valence-electron chi connectivity index (χ0n) is 12.2. The van der Waals surface area contributed by atoms with Crippen molar-refractivity contribution in [1.29, 1.82) is 0 Å². The van der Waals surface area contributed by atoms with Crippen molar-refractivity contribution in [3.63, 3.8) is 0 Å². The third-order valence-corrected chi connectivity index (χ3v) is 5.80. The van der Waals surface area contributed by atoms with Crippen molar-refractivity contribution in [1.82, 2.24) is 9.55 Å². The van der Waals surface area contributed by atoms with E-state index in [2.05, 4.69) is 30.9 Å². The number of amides is 1. The molecule has 6 nitrogen and oxygen atoms in total. The third-order valence-electron chi connectivity index (χ3n) is 3.50. The van der Waals surface area contributed by atoms with Gasteiger partial charge in [-0.15, -0.1) is 11.3 Å². The van der Waals surface area contributed by atoms with E-state index in [1.54, 1.807) is 19.3 Å². The normalized spacial score (nSPS) is 14.2. The molecule has 1 N–H and O–H groups in total. The third kappa shape index (κ3) is 2.45. The van der Waals surface area contributed by atoms with Gasteiger partial charge in [0.15, 0.2) is 4.80 Å². The Morgan fingerprint density at radius 2 is 2.21 bits per heavy atom. The summed E-state index contributed by atoms with van der Waals surface area (Å²) >= 11 is 6.04. The zero-order chi connectivity index (χ0) is 16.8. The molecule has 3 heterocycles. The SMILES string of the molecule is Cn1c(O)c(C2=c3cc(Br)ccc3=NC2=O)s/c1=N/c1nccs1. The van der Waals surface area contributed by atoms with E-state index >= 15 is 0 Å². The molecule has 0 fully saturated rings. The summed E-state index contributed by atoms with van der Waals surface area (Å²) in [7, 11) is 1.70. The van der Waals surface area contributed by atoms with Gasteiger partial charge < -0.3 is 5.11 Å². The van der Waals surface area contributed by atoms with Crippen LogP contribution in [0.15, 0.2) is 44.2 Å². The second-order valence-corrected chi connectivity index (χ2v) is 7.74. The van der Waals surface area contributed by atoms with E-state index < -0.39 is 0 Å². The molecule has 9 heteroatoms. The molecule has 1 aliphatic rings. The number of aromatic hydroxyl groups is 1. The minimum absolute atomic E-state index is 0.0123. The highest BCUT2D eigenvalue weighted by Crippen LogP contribution is 2.28. The first-order valence-corrected chi connectivity index (χ1v) is 9.30. The van der Waals surface area contributed by atoms with Crippen LogP contribution in [0.3, 0.4) is 0 Å². The lowest BCUT2D eigenvalue weighted by Crippen LogP contribution is -2.22. The van der Waals surface area contributed by atoms with Crippen LogP contribution in [0.2, 0.25) is 0 Å². The Kier molecular flexibility index (Phi) is 3.70. The summed E-state index contributed by atoms with van der Waals surface area (Å²) in [5.74, 6) is -0.372. The van der Waals surface area contributed by atoms with E-state index in [1.165, 1.54) is 27.2 Å². The Bertz CT molecular complexity index is 1160. The smallest absolute Gasteiger partial charge is 0.279 e. The minimum atomic E-state index is -0.360. The number of hydrogen-bond acceptors (Lipinski definition) is 6. The van der Waals surface area contributed by atoms with Crippen molar-refractivity contribution in [2.24, 2.45) is 17.0 Å². The average Bonchev–Trinajstić information content (AvgIpc) is 3.23. The number of carbonyl (C=O) groups excluding carboxylic acids is 1. The number of carbonyl (C=O) groups is 1. The summed E-state index contributed by atoms with van der Waals surface area (Å²) in [4.78, 5) is 26.0. The molecule has 1 aliphatic heterocycles. The van der Waals surface area contributed by atoms with E-state index in [4.69, 9.17) is 0 Å². The number of hydrogen-bond donors (Lipinski definition) is 1. The molecule has 3 aromatic rings. The van der Waals surface area contributed by atoms with Crippen LogP contribution in [0, 0.1) is 0 Å². The predicted octanol–water partition coefficient (Wildman–Crippen LogP) is 1.60. The molecular weight excluding hydrogens is 412 g/mol. The number of nitrogens with zero attached hydrogens (tertiary/aromatic N) is 4. The minimum Gasteiger partial charge on any atom is -0.493 e. The van der Waals surface area contributed by atoms with E-state index in [1.807, 2.05) is 17.5 Å². The van der Waals surface area contributed by atoms with Crippen molar-refractivity contribution < 1.29 is 9.90 Å². The fraction of sp³-hybridized carbons (Fsp3) is 0.0667. The lowest BCUT2D eigenvalue weighted by Gasteiger charge is -1.98. The highest BCUT2D eigenvalue weighted by molar-refractivity contribution is 9.10. The van der Waals surface area contributed by atoms with Gasteiger partial charge in [0.2, 0.25) is 11.0 Å². The summed E-state index contributed by atoms with van der Waals surface area (Å²) in [5, 5.41) is 14.2. The van der Waals surface area contributed by atoms with Gasteiger partial charge in [0.05, 0.1) is 10.9 Å². The molecule has 0 atom stereocenters. The molecule has 0 aliphatic carbocycles. The predicted molar refractivity (Wildman–Crippen MR) is 94.7 cm³/mol. The lowest BCUT2D eigenvalue weighted by molar-refractivity contribution is -0.112. The maximum Gasteiger partial charge on any atom is 0.279 e. The summed E-state index contributed by atoms with van der Waals surface area (Å²) < 4.78 is 2.38. The molecule has 0 unspecified atom stereocenters. The molecule has 0 spiro atoms. The van der Waals surface area contributed by atoms with Gasteiger partial charge in [0.1, 0.15) is 4.88 Å². The monoisotopic (exact) mass is 420 g/mol.